The van der Waals surface area contributed by atoms with Gasteiger partial charge < -0.3 is 14.4 Å². The molecule has 3 rings (SSSR count). The van der Waals surface area contributed by atoms with Gasteiger partial charge in [0.05, 0.1) is 6.54 Å². The first kappa shape index (κ1) is 17.4. The Morgan fingerprint density at radius 1 is 1.40 bits per heavy atom. The number of nitrogens with zero attached hydrogens (tertiary/aromatic N) is 3. The lowest BCUT2D eigenvalue weighted by Gasteiger charge is -2.39. The van der Waals surface area contributed by atoms with E-state index in [0.717, 1.165) is 5.82 Å². The van der Waals surface area contributed by atoms with Crippen molar-refractivity contribution in [2.45, 2.75) is 31.9 Å². The third-order valence-corrected chi connectivity index (χ3v) is 4.78. The SMILES string of the molecule is Cc1cc(F)ccc1OC1(C(=O)O)CCN(Cc2nccn2C)CC1. The van der Waals surface area contributed by atoms with Crippen LogP contribution in [0.15, 0.2) is 30.6 Å². The van der Waals surface area contributed by atoms with Gasteiger partial charge in [-0.15, -0.1) is 0 Å². The minimum absolute atomic E-state index is 0.362. The molecule has 0 radical (unpaired) electrons. The number of carboxylic acid groups (broad SMARTS) is 1. The van der Waals surface area contributed by atoms with Crippen LogP contribution in [0.5, 0.6) is 5.75 Å². The average molecular weight is 347 g/mol. The molecule has 6 nitrogen and oxygen atoms in total. The number of aromatic nitrogens is 2. The van der Waals surface area contributed by atoms with Crippen molar-refractivity contribution in [2.24, 2.45) is 7.05 Å². The predicted molar refractivity (Wildman–Crippen MR) is 89.9 cm³/mol. The number of rotatable bonds is 5. The van der Waals surface area contributed by atoms with Crippen LogP contribution in [0.3, 0.4) is 0 Å². The molecule has 134 valence electrons. The third kappa shape index (κ3) is 3.66. The van der Waals surface area contributed by atoms with Crippen LogP contribution < -0.4 is 4.74 Å². The van der Waals surface area contributed by atoms with Crippen LogP contribution in [0.1, 0.15) is 24.2 Å². The Bertz CT molecular complexity index is 767. The van der Waals surface area contributed by atoms with Gasteiger partial charge >= 0.3 is 5.97 Å². The van der Waals surface area contributed by atoms with Crippen molar-refractivity contribution in [1.29, 1.82) is 0 Å². The molecule has 25 heavy (non-hydrogen) atoms. The number of aryl methyl sites for hydroxylation is 2. The van der Waals surface area contributed by atoms with Gasteiger partial charge in [-0.3, -0.25) is 4.90 Å². The minimum atomic E-state index is -1.28. The van der Waals surface area contributed by atoms with Crippen LogP contribution in [0.4, 0.5) is 4.39 Å². The average Bonchev–Trinajstić information content (AvgIpc) is 2.97. The van der Waals surface area contributed by atoms with Gasteiger partial charge in [0.1, 0.15) is 17.4 Å². The highest BCUT2D eigenvalue weighted by Crippen LogP contribution is 2.31. The molecule has 0 unspecified atom stereocenters. The molecule has 0 atom stereocenters. The molecule has 1 aromatic heterocycles. The van der Waals surface area contributed by atoms with Gasteiger partial charge in [-0.05, 0) is 30.7 Å². The van der Waals surface area contributed by atoms with Gasteiger partial charge in [-0.1, -0.05) is 0 Å². The Balaban J connectivity index is 1.70. The fourth-order valence-electron chi connectivity index (χ4n) is 3.12. The Hall–Kier alpha value is -2.41. The number of benzene rings is 1. The van der Waals surface area contributed by atoms with Crippen LogP contribution in [0.2, 0.25) is 0 Å². The number of piperidine rings is 1. The Morgan fingerprint density at radius 2 is 2.12 bits per heavy atom. The second-order valence-electron chi connectivity index (χ2n) is 6.54. The lowest BCUT2D eigenvalue weighted by molar-refractivity contribution is -0.160. The fraction of sp³-hybridized carbons (Fsp3) is 0.444. The van der Waals surface area contributed by atoms with Gasteiger partial charge in [0.15, 0.2) is 0 Å². The molecule has 2 heterocycles. The zero-order valence-electron chi connectivity index (χ0n) is 14.4. The molecule has 0 amide bonds. The first-order valence-electron chi connectivity index (χ1n) is 8.27. The smallest absolute Gasteiger partial charge is 0.348 e. The van der Waals surface area contributed by atoms with E-state index in [1.54, 1.807) is 13.1 Å². The molecule has 1 saturated heterocycles. The molecule has 1 aliphatic heterocycles. The molecule has 0 spiro atoms. The van der Waals surface area contributed by atoms with Gasteiger partial charge in [0.25, 0.3) is 0 Å². The number of carbonyl (C=O) groups is 1. The molecule has 1 N–H and O–H groups in total. The topological polar surface area (TPSA) is 67.6 Å². The van der Waals surface area contributed by atoms with Crippen LogP contribution in [-0.4, -0.2) is 44.2 Å². The predicted octanol–water partition coefficient (Wildman–Crippen LogP) is 2.37. The second kappa shape index (κ2) is 6.84. The maximum atomic E-state index is 13.3. The van der Waals surface area contributed by atoms with E-state index in [1.165, 1.54) is 18.2 Å². The molecule has 7 heteroatoms. The van der Waals surface area contributed by atoms with Gasteiger partial charge in [0.2, 0.25) is 5.60 Å². The molecular weight excluding hydrogens is 325 g/mol. The first-order valence-corrected chi connectivity index (χ1v) is 8.27. The quantitative estimate of drug-likeness (QED) is 0.899. The van der Waals surface area contributed by atoms with Crippen molar-refractivity contribution in [2.75, 3.05) is 13.1 Å². The van der Waals surface area contributed by atoms with Gasteiger partial charge in [-0.25, -0.2) is 14.2 Å². The van der Waals surface area contributed by atoms with Gasteiger partial charge in [-0.2, -0.15) is 0 Å². The summed E-state index contributed by atoms with van der Waals surface area (Å²) in [6, 6.07) is 4.13. The highest BCUT2D eigenvalue weighted by molar-refractivity contribution is 5.78. The minimum Gasteiger partial charge on any atom is -0.478 e. The number of aliphatic carboxylic acids is 1. The molecular formula is C18H22FN3O3. The second-order valence-corrected chi connectivity index (χ2v) is 6.54. The number of imidazole rings is 1. The summed E-state index contributed by atoms with van der Waals surface area (Å²) in [6.07, 6.45) is 4.37. The summed E-state index contributed by atoms with van der Waals surface area (Å²) < 4.78 is 21.1. The van der Waals surface area contributed by atoms with Gasteiger partial charge in [0, 0.05) is 45.4 Å². The van der Waals surface area contributed by atoms with E-state index >= 15 is 0 Å². The van der Waals surface area contributed by atoms with E-state index in [2.05, 4.69) is 9.88 Å². The number of ether oxygens (including phenoxy) is 1. The Kier molecular flexibility index (Phi) is 4.76. The monoisotopic (exact) mass is 347 g/mol. The molecule has 0 aliphatic carbocycles. The number of carboxylic acids is 1. The standard InChI is InChI=1S/C18H22FN3O3/c1-13-11-14(19)3-4-15(13)25-18(17(23)24)5-8-22(9-6-18)12-16-20-7-10-21(16)2/h3-4,7,10-11H,5-6,8-9,12H2,1-2H3,(H,23,24). The Morgan fingerprint density at radius 3 is 2.68 bits per heavy atom. The van der Waals surface area contributed by atoms with Crippen molar-refractivity contribution in [3.8, 4) is 5.75 Å². The maximum absolute atomic E-state index is 13.3. The van der Waals surface area contributed by atoms with E-state index in [9.17, 15) is 14.3 Å². The third-order valence-electron chi connectivity index (χ3n) is 4.78. The van der Waals surface area contributed by atoms with Crippen molar-refractivity contribution >= 4 is 5.97 Å². The lowest BCUT2D eigenvalue weighted by Crippen LogP contribution is -2.53. The van der Waals surface area contributed by atoms with E-state index < -0.39 is 11.6 Å². The highest BCUT2D eigenvalue weighted by Gasteiger charge is 2.44. The largest absolute Gasteiger partial charge is 0.478 e. The fourth-order valence-corrected chi connectivity index (χ4v) is 3.12. The number of halogens is 1. The molecule has 1 fully saturated rings. The lowest BCUT2D eigenvalue weighted by atomic mass is 9.91. The van der Waals surface area contributed by atoms with Crippen LogP contribution in [0.25, 0.3) is 0 Å². The van der Waals surface area contributed by atoms with Crippen molar-refractivity contribution in [3.63, 3.8) is 0 Å². The maximum Gasteiger partial charge on any atom is 0.348 e. The van der Waals surface area contributed by atoms with Crippen LogP contribution >= 0.6 is 0 Å². The summed E-state index contributed by atoms with van der Waals surface area (Å²) in [7, 11) is 1.94. The zero-order valence-corrected chi connectivity index (χ0v) is 14.4. The summed E-state index contributed by atoms with van der Waals surface area (Å²) in [4.78, 5) is 18.4. The van der Waals surface area contributed by atoms with E-state index in [-0.39, 0.29) is 5.82 Å². The number of hydrogen-bond acceptors (Lipinski definition) is 4. The van der Waals surface area contributed by atoms with Crippen molar-refractivity contribution in [1.82, 2.24) is 14.5 Å². The molecule has 0 saturated carbocycles. The van der Waals surface area contributed by atoms with Crippen molar-refractivity contribution < 1.29 is 19.0 Å². The first-order chi connectivity index (χ1) is 11.9. The normalized spacial score (nSPS) is 17.4. The summed E-state index contributed by atoms with van der Waals surface area (Å²) >= 11 is 0. The summed E-state index contributed by atoms with van der Waals surface area (Å²) in [6.45, 7) is 3.58. The molecule has 1 aromatic carbocycles. The van der Waals surface area contributed by atoms with Crippen LogP contribution in [0, 0.1) is 12.7 Å². The van der Waals surface area contributed by atoms with E-state index in [4.69, 9.17) is 4.74 Å². The molecule has 0 bridgehead atoms. The van der Waals surface area contributed by atoms with Crippen LogP contribution in [-0.2, 0) is 18.4 Å². The summed E-state index contributed by atoms with van der Waals surface area (Å²) in [5, 5.41) is 9.75. The van der Waals surface area contributed by atoms with E-state index in [0.29, 0.717) is 43.8 Å². The highest BCUT2D eigenvalue weighted by atomic mass is 19.1. The number of hydrogen-bond donors (Lipinski definition) is 1. The van der Waals surface area contributed by atoms with E-state index in [1.807, 2.05) is 17.8 Å². The summed E-state index contributed by atoms with van der Waals surface area (Å²) in [5.74, 6) is 0.0199. The molecule has 2 aromatic rings. The zero-order chi connectivity index (χ0) is 18.0. The summed E-state index contributed by atoms with van der Waals surface area (Å²) in [5.41, 5.74) is -0.683. The van der Waals surface area contributed by atoms with Crippen molar-refractivity contribution in [3.05, 3.63) is 47.8 Å². The molecule has 1 aliphatic rings. The Labute approximate surface area is 145 Å². The number of likely N-dealkylation sites (tertiary alicyclic amines) is 1.